The Kier molecular flexibility index (Phi) is 6.20. The van der Waals surface area contributed by atoms with Crippen LogP contribution in [0.25, 0.3) is 5.69 Å². The van der Waals surface area contributed by atoms with Crippen molar-refractivity contribution < 1.29 is 14.7 Å². The summed E-state index contributed by atoms with van der Waals surface area (Å²) in [5.74, 6) is 0.300. The van der Waals surface area contributed by atoms with Gasteiger partial charge in [0.05, 0.1) is 16.3 Å². The van der Waals surface area contributed by atoms with E-state index in [9.17, 15) is 14.7 Å². The van der Waals surface area contributed by atoms with E-state index in [1.165, 1.54) is 34.7 Å². The number of benzene rings is 1. The molecule has 0 aliphatic rings. The molecule has 2 heterocycles. The van der Waals surface area contributed by atoms with Crippen molar-refractivity contribution in [2.45, 2.75) is 18.5 Å². The Bertz CT molecular complexity index is 936. The normalized spacial score (nSPS) is 10.7. The van der Waals surface area contributed by atoms with Crippen LogP contribution in [0.3, 0.4) is 0 Å². The van der Waals surface area contributed by atoms with E-state index in [-0.39, 0.29) is 23.2 Å². The molecule has 0 bridgehead atoms. The Balaban J connectivity index is 1.59. The number of ketones is 1. The summed E-state index contributed by atoms with van der Waals surface area (Å²) >= 11 is 2.68. The van der Waals surface area contributed by atoms with Crippen molar-refractivity contribution in [3.63, 3.8) is 0 Å². The summed E-state index contributed by atoms with van der Waals surface area (Å²) in [6.07, 6.45) is 0.698. The first-order valence-corrected chi connectivity index (χ1v) is 9.90. The van der Waals surface area contributed by atoms with E-state index in [0.717, 1.165) is 4.88 Å². The van der Waals surface area contributed by atoms with E-state index >= 15 is 0 Å². The SMILES string of the molecule is CC(=O)NCCc1ccc(C(=O)CSc2nnnn2-c2ccc(O)cc2)s1. The molecule has 2 aromatic heterocycles. The first kappa shape index (κ1) is 19.1. The van der Waals surface area contributed by atoms with Crippen molar-refractivity contribution in [1.82, 2.24) is 25.5 Å². The fourth-order valence-electron chi connectivity index (χ4n) is 2.25. The van der Waals surface area contributed by atoms with Gasteiger partial charge in [0.2, 0.25) is 11.1 Å². The van der Waals surface area contributed by atoms with Gasteiger partial charge >= 0.3 is 0 Å². The van der Waals surface area contributed by atoms with Crippen molar-refractivity contribution in [2.24, 2.45) is 0 Å². The van der Waals surface area contributed by atoms with E-state index in [0.29, 0.717) is 28.7 Å². The average molecular weight is 403 g/mol. The number of phenols is 1. The van der Waals surface area contributed by atoms with E-state index in [4.69, 9.17) is 0 Å². The number of nitrogens with zero attached hydrogens (tertiary/aromatic N) is 4. The number of thiophene rings is 1. The van der Waals surface area contributed by atoms with Crippen LogP contribution in [0.2, 0.25) is 0 Å². The highest BCUT2D eigenvalue weighted by atomic mass is 32.2. The molecule has 3 rings (SSSR count). The van der Waals surface area contributed by atoms with Crippen LogP contribution in [0.1, 0.15) is 21.5 Å². The van der Waals surface area contributed by atoms with Gasteiger partial charge in [-0.3, -0.25) is 9.59 Å². The predicted molar refractivity (Wildman–Crippen MR) is 103 cm³/mol. The molecular weight excluding hydrogens is 386 g/mol. The van der Waals surface area contributed by atoms with Gasteiger partial charge in [-0.2, -0.15) is 4.68 Å². The van der Waals surface area contributed by atoms with Crippen LogP contribution in [-0.2, 0) is 11.2 Å². The molecule has 0 saturated heterocycles. The number of hydrogen-bond acceptors (Lipinski definition) is 8. The molecule has 3 aromatic rings. The zero-order chi connectivity index (χ0) is 19.2. The molecule has 0 unspecified atom stereocenters. The minimum absolute atomic E-state index is 0.00367. The van der Waals surface area contributed by atoms with Crippen molar-refractivity contribution in [1.29, 1.82) is 0 Å². The van der Waals surface area contributed by atoms with Gasteiger partial charge in [0.25, 0.3) is 0 Å². The van der Waals surface area contributed by atoms with E-state index < -0.39 is 0 Å². The van der Waals surface area contributed by atoms with Gasteiger partial charge in [-0.1, -0.05) is 11.8 Å². The minimum Gasteiger partial charge on any atom is -0.508 e. The maximum atomic E-state index is 12.4. The van der Waals surface area contributed by atoms with Gasteiger partial charge in [-0.15, -0.1) is 16.4 Å². The number of carbonyl (C=O) groups excluding carboxylic acids is 2. The number of Topliss-reactive ketones (excluding diaryl/α,β-unsaturated/α-hetero) is 1. The van der Waals surface area contributed by atoms with Crippen LogP contribution < -0.4 is 5.32 Å². The number of tetrazole rings is 1. The summed E-state index contributed by atoms with van der Waals surface area (Å²) in [7, 11) is 0. The molecule has 0 spiro atoms. The number of phenolic OH excluding ortho intramolecular Hbond substituents is 1. The second kappa shape index (κ2) is 8.78. The van der Waals surface area contributed by atoms with Gasteiger partial charge in [0.15, 0.2) is 5.78 Å². The standard InChI is InChI=1S/C17H17N5O3S2/c1-11(23)18-9-8-14-6-7-16(27-14)15(25)10-26-17-19-20-21-22(17)12-2-4-13(24)5-3-12/h2-7,24H,8-10H2,1H3,(H,18,23). The quantitative estimate of drug-likeness (QED) is 0.438. The molecule has 27 heavy (non-hydrogen) atoms. The summed E-state index contributed by atoms with van der Waals surface area (Å²) < 4.78 is 1.52. The number of nitrogens with one attached hydrogen (secondary N) is 1. The highest BCUT2D eigenvalue weighted by Gasteiger charge is 2.14. The van der Waals surface area contributed by atoms with Crippen molar-refractivity contribution in [2.75, 3.05) is 12.3 Å². The molecule has 0 aliphatic carbocycles. The molecule has 0 fully saturated rings. The lowest BCUT2D eigenvalue weighted by Crippen LogP contribution is -2.22. The molecule has 10 heteroatoms. The number of amides is 1. The minimum atomic E-state index is -0.0643. The van der Waals surface area contributed by atoms with Gasteiger partial charge in [-0.25, -0.2) is 0 Å². The Labute approximate surface area is 163 Å². The Hall–Kier alpha value is -2.72. The highest BCUT2D eigenvalue weighted by molar-refractivity contribution is 7.99. The van der Waals surface area contributed by atoms with E-state index in [1.54, 1.807) is 30.3 Å². The third kappa shape index (κ3) is 5.14. The zero-order valence-electron chi connectivity index (χ0n) is 14.5. The van der Waals surface area contributed by atoms with Crippen LogP contribution in [0.4, 0.5) is 0 Å². The maximum Gasteiger partial charge on any atom is 0.216 e. The van der Waals surface area contributed by atoms with Gasteiger partial charge in [0.1, 0.15) is 5.75 Å². The molecular formula is C17H17N5O3S2. The predicted octanol–water partition coefficient (Wildman–Crippen LogP) is 2.08. The first-order chi connectivity index (χ1) is 13.0. The molecule has 0 radical (unpaired) electrons. The summed E-state index contributed by atoms with van der Waals surface area (Å²) in [4.78, 5) is 25.1. The number of hydrogen-bond donors (Lipinski definition) is 2. The molecule has 140 valence electrons. The average Bonchev–Trinajstić information content (AvgIpc) is 3.29. The Morgan fingerprint density at radius 2 is 2.00 bits per heavy atom. The molecule has 0 aliphatic heterocycles. The summed E-state index contributed by atoms with van der Waals surface area (Å²) in [5, 5.41) is 24.2. The molecule has 1 amide bonds. The summed E-state index contributed by atoms with van der Waals surface area (Å²) in [6.45, 7) is 2.03. The maximum absolute atomic E-state index is 12.4. The summed E-state index contributed by atoms with van der Waals surface area (Å²) in [5.41, 5.74) is 0.698. The van der Waals surface area contributed by atoms with Crippen LogP contribution in [-0.4, -0.2) is 49.3 Å². The number of carbonyl (C=O) groups is 2. The fourth-order valence-corrected chi connectivity index (χ4v) is 4.06. The third-order valence-corrected chi connectivity index (χ3v) is 5.65. The topological polar surface area (TPSA) is 110 Å². The number of aromatic hydroxyl groups is 1. The first-order valence-electron chi connectivity index (χ1n) is 8.10. The molecule has 0 atom stereocenters. The van der Waals surface area contributed by atoms with E-state index in [1.807, 2.05) is 6.07 Å². The monoisotopic (exact) mass is 403 g/mol. The Morgan fingerprint density at radius 1 is 1.22 bits per heavy atom. The van der Waals surface area contributed by atoms with Crippen LogP contribution in [0.5, 0.6) is 5.75 Å². The zero-order valence-corrected chi connectivity index (χ0v) is 16.1. The van der Waals surface area contributed by atoms with Crippen molar-refractivity contribution >= 4 is 34.8 Å². The second-order valence-corrected chi connectivity index (χ2v) is 7.71. The van der Waals surface area contributed by atoms with Crippen LogP contribution in [0.15, 0.2) is 41.6 Å². The summed E-state index contributed by atoms with van der Waals surface area (Å²) in [6, 6.07) is 10.2. The lowest BCUT2D eigenvalue weighted by Gasteiger charge is -2.03. The largest absolute Gasteiger partial charge is 0.508 e. The number of thioether (sulfide) groups is 1. The van der Waals surface area contributed by atoms with Gasteiger partial charge < -0.3 is 10.4 Å². The highest BCUT2D eigenvalue weighted by Crippen LogP contribution is 2.23. The van der Waals surface area contributed by atoms with Gasteiger partial charge in [0, 0.05) is 18.3 Å². The molecule has 0 saturated carbocycles. The molecule has 2 N–H and O–H groups in total. The van der Waals surface area contributed by atoms with Crippen molar-refractivity contribution in [3.05, 3.63) is 46.2 Å². The lowest BCUT2D eigenvalue weighted by atomic mass is 10.3. The van der Waals surface area contributed by atoms with E-state index in [2.05, 4.69) is 20.8 Å². The lowest BCUT2D eigenvalue weighted by molar-refractivity contribution is -0.118. The molecule has 8 nitrogen and oxygen atoms in total. The van der Waals surface area contributed by atoms with Gasteiger partial charge in [-0.05, 0) is 53.2 Å². The second-order valence-electron chi connectivity index (χ2n) is 5.60. The number of rotatable bonds is 8. The van der Waals surface area contributed by atoms with Crippen LogP contribution >= 0.6 is 23.1 Å². The van der Waals surface area contributed by atoms with Crippen molar-refractivity contribution in [3.8, 4) is 11.4 Å². The third-order valence-electron chi connectivity index (χ3n) is 3.55. The fraction of sp³-hybridized carbons (Fsp3) is 0.235. The molecule has 1 aromatic carbocycles. The number of aromatic nitrogens is 4. The Morgan fingerprint density at radius 3 is 2.74 bits per heavy atom. The van der Waals surface area contributed by atoms with Crippen LogP contribution in [0, 0.1) is 0 Å². The smallest absolute Gasteiger partial charge is 0.216 e.